The van der Waals surface area contributed by atoms with Crippen molar-refractivity contribution in [3.05, 3.63) is 65.2 Å². The average molecular weight is 416 g/mol. The molecule has 0 bridgehead atoms. The molecule has 0 radical (unpaired) electrons. The molecule has 1 heterocycles. The second-order valence-corrected chi connectivity index (χ2v) is 9.67. The Hall–Kier alpha value is -1.92. The lowest BCUT2D eigenvalue weighted by Gasteiger charge is -2.21. The van der Waals surface area contributed by atoms with Gasteiger partial charge in [-0.15, -0.1) is 23.5 Å². The molecule has 6 heteroatoms. The first-order valence-electron chi connectivity index (χ1n) is 9.43. The maximum absolute atomic E-state index is 12.2. The van der Waals surface area contributed by atoms with Crippen molar-refractivity contribution in [3.63, 3.8) is 0 Å². The molecule has 1 aliphatic heterocycles. The van der Waals surface area contributed by atoms with Crippen molar-refractivity contribution in [1.82, 2.24) is 0 Å². The van der Waals surface area contributed by atoms with Crippen LogP contribution in [0.25, 0.3) is 0 Å². The van der Waals surface area contributed by atoms with Gasteiger partial charge in [0.25, 0.3) is 5.91 Å². The van der Waals surface area contributed by atoms with E-state index in [0.29, 0.717) is 21.8 Å². The summed E-state index contributed by atoms with van der Waals surface area (Å²) in [5.74, 6) is 1.96. The van der Waals surface area contributed by atoms with Crippen molar-refractivity contribution in [3.8, 4) is 0 Å². The fourth-order valence-corrected chi connectivity index (χ4v) is 5.71. The van der Waals surface area contributed by atoms with Gasteiger partial charge in [-0.2, -0.15) is 0 Å². The number of hydrogen-bond acceptors (Lipinski definition) is 5. The monoisotopic (exact) mass is 415 g/mol. The molecule has 1 N–H and O–H groups in total. The highest BCUT2D eigenvalue weighted by Crippen LogP contribution is 2.43. The van der Waals surface area contributed by atoms with Gasteiger partial charge in [-0.3, -0.25) is 4.79 Å². The van der Waals surface area contributed by atoms with Gasteiger partial charge in [0.1, 0.15) is 0 Å². The van der Waals surface area contributed by atoms with Crippen molar-refractivity contribution in [2.45, 2.75) is 30.8 Å². The highest BCUT2D eigenvalue weighted by molar-refractivity contribution is 8.16. The van der Waals surface area contributed by atoms with Crippen molar-refractivity contribution in [1.29, 1.82) is 0 Å². The maximum atomic E-state index is 12.2. The van der Waals surface area contributed by atoms with Crippen LogP contribution in [0.4, 0.5) is 5.69 Å². The Morgan fingerprint density at radius 2 is 1.68 bits per heavy atom. The van der Waals surface area contributed by atoms with Crippen LogP contribution >= 0.6 is 23.5 Å². The molecular weight excluding hydrogens is 390 g/mol. The van der Waals surface area contributed by atoms with Crippen molar-refractivity contribution in [2.75, 3.05) is 23.4 Å². The molecule has 0 aromatic heterocycles. The molecule has 4 nitrogen and oxygen atoms in total. The summed E-state index contributed by atoms with van der Waals surface area (Å²) in [6.07, 6.45) is 1.25. The number of anilines is 1. The Bertz CT molecular complexity index is 798. The largest absolute Gasteiger partial charge is 0.452 e. The zero-order chi connectivity index (χ0) is 19.9. The first-order valence-corrected chi connectivity index (χ1v) is 11.5. The van der Waals surface area contributed by atoms with E-state index in [1.165, 1.54) is 29.1 Å². The summed E-state index contributed by atoms with van der Waals surface area (Å²) in [5, 5.41) is 2.75. The van der Waals surface area contributed by atoms with Gasteiger partial charge in [-0.05, 0) is 59.2 Å². The zero-order valence-electron chi connectivity index (χ0n) is 16.1. The van der Waals surface area contributed by atoms with E-state index in [2.05, 4.69) is 19.2 Å². The van der Waals surface area contributed by atoms with E-state index in [1.54, 1.807) is 12.1 Å². The highest BCUT2D eigenvalue weighted by atomic mass is 32.2. The first-order chi connectivity index (χ1) is 13.5. The van der Waals surface area contributed by atoms with E-state index in [-0.39, 0.29) is 12.5 Å². The normalized spacial score (nSPS) is 14.7. The molecule has 0 spiro atoms. The molecule has 28 heavy (non-hydrogen) atoms. The summed E-state index contributed by atoms with van der Waals surface area (Å²) < 4.78 is 5.58. The standard InChI is InChI=1S/C22H25NO3S2/c1-15(2)16-8-10-19(11-9-16)23-20(24)14-26-21(25)17-4-6-18(7-5-17)22-27-12-3-13-28-22/h4-11,15,22H,3,12-14H2,1-2H3,(H,23,24). The number of thioether (sulfide) groups is 2. The van der Waals surface area contributed by atoms with Crippen LogP contribution in [-0.2, 0) is 9.53 Å². The number of benzene rings is 2. The number of carbonyl (C=O) groups is 2. The van der Waals surface area contributed by atoms with Crippen LogP contribution < -0.4 is 5.32 Å². The Kier molecular flexibility index (Phi) is 7.45. The number of nitrogens with one attached hydrogen (secondary N) is 1. The van der Waals surface area contributed by atoms with Crippen LogP contribution in [0.3, 0.4) is 0 Å². The number of amides is 1. The number of ether oxygens (including phenoxy) is 1. The van der Waals surface area contributed by atoms with Crippen LogP contribution in [0, 0.1) is 0 Å². The number of rotatable bonds is 6. The zero-order valence-corrected chi connectivity index (χ0v) is 17.8. The summed E-state index contributed by atoms with van der Waals surface area (Å²) in [4.78, 5) is 24.2. The fraction of sp³-hybridized carbons (Fsp3) is 0.364. The van der Waals surface area contributed by atoms with Gasteiger partial charge in [0.15, 0.2) is 6.61 Å². The number of hydrogen-bond donors (Lipinski definition) is 1. The quantitative estimate of drug-likeness (QED) is 0.634. The summed E-state index contributed by atoms with van der Waals surface area (Å²) in [6, 6.07) is 15.2. The first kappa shape index (κ1) is 20.8. The van der Waals surface area contributed by atoms with Gasteiger partial charge < -0.3 is 10.1 Å². The van der Waals surface area contributed by atoms with Gasteiger partial charge in [0.05, 0.1) is 10.1 Å². The summed E-state index contributed by atoms with van der Waals surface area (Å²) in [6.45, 7) is 3.93. The van der Waals surface area contributed by atoms with E-state index in [0.717, 1.165) is 0 Å². The molecular formula is C22H25NO3S2. The van der Waals surface area contributed by atoms with Crippen LogP contribution in [-0.4, -0.2) is 30.0 Å². The van der Waals surface area contributed by atoms with Crippen molar-refractivity contribution >= 4 is 41.1 Å². The number of esters is 1. The minimum atomic E-state index is -0.485. The van der Waals surface area contributed by atoms with Gasteiger partial charge in [0.2, 0.25) is 0 Å². The van der Waals surface area contributed by atoms with Gasteiger partial charge >= 0.3 is 5.97 Å². The molecule has 2 aromatic carbocycles. The molecule has 1 saturated heterocycles. The van der Waals surface area contributed by atoms with E-state index in [1.807, 2.05) is 59.9 Å². The molecule has 1 fully saturated rings. The summed E-state index contributed by atoms with van der Waals surface area (Å²) >= 11 is 3.88. The Labute approximate surface area is 174 Å². The second-order valence-electron chi connectivity index (χ2n) is 6.95. The van der Waals surface area contributed by atoms with Crippen molar-refractivity contribution in [2.24, 2.45) is 0 Å². The molecule has 1 amide bonds. The molecule has 0 aliphatic carbocycles. The predicted molar refractivity (Wildman–Crippen MR) is 118 cm³/mol. The average Bonchev–Trinajstić information content (AvgIpc) is 2.73. The molecule has 148 valence electrons. The smallest absolute Gasteiger partial charge is 0.338 e. The fourth-order valence-electron chi connectivity index (χ4n) is 2.82. The SMILES string of the molecule is CC(C)c1ccc(NC(=O)COC(=O)c2ccc(C3SCCCS3)cc2)cc1. The minimum Gasteiger partial charge on any atom is -0.452 e. The van der Waals surface area contributed by atoms with Gasteiger partial charge in [0, 0.05) is 5.69 Å². The van der Waals surface area contributed by atoms with Crippen LogP contribution in [0.2, 0.25) is 0 Å². The van der Waals surface area contributed by atoms with Crippen LogP contribution in [0.1, 0.15) is 52.3 Å². The molecule has 3 rings (SSSR count). The highest BCUT2D eigenvalue weighted by Gasteiger charge is 2.17. The van der Waals surface area contributed by atoms with Crippen LogP contribution in [0.5, 0.6) is 0 Å². The summed E-state index contributed by atoms with van der Waals surface area (Å²) in [5.41, 5.74) is 3.58. The predicted octanol–water partition coefficient (Wildman–Crippen LogP) is 5.47. The van der Waals surface area contributed by atoms with Gasteiger partial charge in [-0.1, -0.05) is 38.1 Å². The molecule has 0 unspecified atom stereocenters. The maximum Gasteiger partial charge on any atom is 0.338 e. The van der Waals surface area contributed by atoms with E-state index < -0.39 is 5.97 Å². The van der Waals surface area contributed by atoms with Crippen molar-refractivity contribution < 1.29 is 14.3 Å². The lowest BCUT2D eigenvalue weighted by atomic mass is 10.0. The topological polar surface area (TPSA) is 55.4 Å². The number of carbonyl (C=O) groups excluding carboxylic acids is 2. The lowest BCUT2D eigenvalue weighted by molar-refractivity contribution is -0.119. The van der Waals surface area contributed by atoms with E-state index in [9.17, 15) is 9.59 Å². The Morgan fingerprint density at radius 3 is 2.29 bits per heavy atom. The third-order valence-electron chi connectivity index (χ3n) is 4.44. The Balaban J connectivity index is 1.48. The third kappa shape index (κ3) is 5.79. The third-order valence-corrected chi connectivity index (χ3v) is 7.46. The van der Waals surface area contributed by atoms with E-state index in [4.69, 9.17) is 4.74 Å². The molecule has 0 saturated carbocycles. The molecule has 1 aliphatic rings. The minimum absolute atomic E-state index is 0.305. The summed E-state index contributed by atoms with van der Waals surface area (Å²) in [7, 11) is 0. The molecule has 0 atom stereocenters. The second kappa shape index (κ2) is 10.0. The Morgan fingerprint density at radius 1 is 1.04 bits per heavy atom. The van der Waals surface area contributed by atoms with Gasteiger partial charge in [-0.25, -0.2) is 4.79 Å². The molecule has 2 aromatic rings. The van der Waals surface area contributed by atoms with Crippen LogP contribution in [0.15, 0.2) is 48.5 Å². The lowest BCUT2D eigenvalue weighted by Crippen LogP contribution is -2.21. The van der Waals surface area contributed by atoms with E-state index >= 15 is 0 Å².